The minimum atomic E-state index is -0.486. The standard InChI is InChI=1S/C24H23NO5/c1-2-28-24(27)21-10-6-7-11-22(21)25-23(26)17-30-20-14-12-19(13-15-20)29-16-18-8-4-3-5-9-18/h3-15H,2,16-17H2,1H3,(H,25,26). The minimum absolute atomic E-state index is 0.193. The number of para-hydroxylation sites is 1. The van der Waals surface area contributed by atoms with E-state index in [0.29, 0.717) is 29.4 Å². The molecular weight excluding hydrogens is 382 g/mol. The summed E-state index contributed by atoms with van der Waals surface area (Å²) in [5.41, 5.74) is 1.76. The van der Waals surface area contributed by atoms with Crippen molar-refractivity contribution < 1.29 is 23.8 Å². The van der Waals surface area contributed by atoms with Gasteiger partial charge < -0.3 is 19.5 Å². The van der Waals surface area contributed by atoms with E-state index < -0.39 is 5.97 Å². The molecule has 0 saturated carbocycles. The predicted octanol–water partition coefficient (Wildman–Crippen LogP) is 4.46. The molecule has 0 heterocycles. The van der Waals surface area contributed by atoms with Gasteiger partial charge in [0.15, 0.2) is 6.61 Å². The van der Waals surface area contributed by atoms with Crippen LogP contribution in [0.5, 0.6) is 11.5 Å². The van der Waals surface area contributed by atoms with Crippen LogP contribution in [0.3, 0.4) is 0 Å². The molecule has 30 heavy (non-hydrogen) atoms. The van der Waals surface area contributed by atoms with Crippen LogP contribution < -0.4 is 14.8 Å². The molecule has 154 valence electrons. The fourth-order valence-corrected chi connectivity index (χ4v) is 2.69. The summed E-state index contributed by atoms with van der Waals surface area (Å²) in [5.74, 6) is 0.381. The molecule has 0 atom stereocenters. The van der Waals surface area contributed by atoms with Crippen LogP contribution in [0.1, 0.15) is 22.8 Å². The molecule has 3 rings (SSSR count). The first-order valence-corrected chi connectivity index (χ1v) is 9.61. The normalized spacial score (nSPS) is 10.2. The van der Waals surface area contributed by atoms with Gasteiger partial charge >= 0.3 is 5.97 Å². The highest BCUT2D eigenvalue weighted by Crippen LogP contribution is 2.19. The van der Waals surface area contributed by atoms with Crippen LogP contribution in [-0.4, -0.2) is 25.1 Å². The Bertz CT molecular complexity index is 970. The van der Waals surface area contributed by atoms with Crippen LogP contribution in [-0.2, 0) is 16.1 Å². The second-order valence-corrected chi connectivity index (χ2v) is 6.35. The lowest BCUT2D eigenvalue weighted by Crippen LogP contribution is -2.22. The van der Waals surface area contributed by atoms with Gasteiger partial charge in [-0.05, 0) is 48.9 Å². The van der Waals surface area contributed by atoms with Gasteiger partial charge in [-0.25, -0.2) is 4.79 Å². The predicted molar refractivity (Wildman–Crippen MR) is 114 cm³/mol. The fourth-order valence-electron chi connectivity index (χ4n) is 2.69. The summed E-state index contributed by atoms with van der Waals surface area (Å²) >= 11 is 0. The molecule has 6 heteroatoms. The van der Waals surface area contributed by atoms with Gasteiger partial charge in [0.2, 0.25) is 0 Å². The molecule has 0 aliphatic rings. The molecule has 1 N–H and O–H groups in total. The lowest BCUT2D eigenvalue weighted by Gasteiger charge is -2.11. The van der Waals surface area contributed by atoms with E-state index >= 15 is 0 Å². The largest absolute Gasteiger partial charge is 0.489 e. The maximum Gasteiger partial charge on any atom is 0.340 e. The molecule has 0 aromatic heterocycles. The van der Waals surface area contributed by atoms with Crippen molar-refractivity contribution in [3.8, 4) is 11.5 Å². The van der Waals surface area contributed by atoms with Crippen LogP contribution in [0.15, 0.2) is 78.9 Å². The molecule has 6 nitrogen and oxygen atoms in total. The molecule has 0 aliphatic heterocycles. The highest BCUT2D eigenvalue weighted by molar-refractivity contribution is 6.01. The smallest absolute Gasteiger partial charge is 0.340 e. The monoisotopic (exact) mass is 405 g/mol. The van der Waals surface area contributed by atoms with Gasteiger partial charge in [-0.2, -0.15) is 0 Å². The Labute approximate surface area is 175 Å². The second-order valence-electron chi connectivity index (χ2n) is 6.35. The average Bonchev–Trinajstić information content (AvgIpc) is 2.78. The van der Waals surface area contributed by atoms with Gasteiger partial charge in [-0.15, -0.1) is 0 Å². The molecule has 3 aromatic carbocycles. The molecule has 0 radical (unpaired) electrons. The summed E-state index contributed by atoms with van der Waals surface area (Å²) in [4.78, 5) is 24.2. The molecule has 0 saturated heterocycles. The van der Waals surface area contributed by atoms with Crippen molar-refractivity contribution in [2.45, 2.75) is 13.5 Å². The third kappa shape index (κ3) is 6.10. The molecule has 0 spiro atoms. The van der Waals surface area contributed by atoms with Crippen LogP contribution in [0.25, 0.3) is 0 Å². The van der Waals surface area contributed by atoms with Crippen molar-refractivity contribution in [2.24, 2.45) is 0 Å². The summed E-state index contributed by atoms with van der Waals surface area (Å²) in [6, 6.07) is 23.6. The number of nitrogens with one attached hydrogen (secondary N) is 1. The summed E-state index contributed by atoms with van der Waals surface area (Å²) < 4.78 is 16.3. The Kier molecular flexibility index (Phi) is 7.44. The van der Waals surface area contributed by atoms with E-state index in [4.69, 9.17) is 14.2 Å². The van der Waals surface area contributed by atoms with E-state index in [9.17, 15) is 9.59 Å². The van der Waals surface area contributed by atoms with Crippen LogP contribution in [0, 0.1) is 0 Å². The second kappa shape index (κ2) is 10.7. The van der Waals surface area contributed by atoms with Crippen molar-refractivity contribution in [3.05, 3.63) is 90.0 Å². The van der Waals surface area contributed by atoms with Gasteiger partial charge in [0, 0.05) is 0 Å². The van der Waals surface area contributed by atoms with E-state index in [1.54, 1.807) is 55.5 Å². The number of amides is 1. The Balaban J connectivity index is 1.50. The van der Waals surface area contributed by atoms with E-state index in [0.717, 1.165) is 5.56 Å². The molecule has 0 aliphatic carbocycles. The van der Waals surface area contributed by atoms with Crippen molar-refractivity contribution in [3.63, 3.8) is 0 Å². The molecular formula is C24H23NO5. The van der Waals surface area contributed by atoms with Crippen LogP contribution in [0.2, 0.25) is 0 Å². The van der Waals surface area contributed by atoms with Crippen LogP contribution >= 0.6 is 0 Å². The van der Waals surface area contributed by atoms with Crippen molar-refractivity contribution in [1.82, 2.24) is 0 Å². The number of carbonyl (C=O) groups is 2. The first-order chi connectivity index (χ1) is 14.7. The molecule has 0 bridgehead atoms. The number of hydrogen-bond acceptors (Lipinski definition) is 5. The highest BCUT2D eigenvalue weighted by Gasteiger charge is 2.14. The number of anilines is 1. The first kappa shape index (κ1) is 20.9. The Hall–Kier alpha value is -3.80. The summed E-state index contributed by atoms with van der Waals surface area (Å²) in [7, 11) is 0. The maximum atomic E-state index is 12.2. The SMILES string of the molecule is CCOC(=O)c1ccccc1NC(=O)COc1ccc(OCc2ccccc2)cc1. The minimum Gasteiger partial charge on any atom is -0.489 e. The zero-order valence-electron chi connectivity index (χ0n) is 16.7. The quantitative estimate of drug-likeness (QED) is 0.532. The van der Waals surface area contributed by atoms with Gasteiger partial charge in [-0.3, -0.25) is 4.79 Å². The number of carbonyl (C=O) groups excluding carboxylic acids is 2. The summed E-state index contributed by atoms with van der Waals surface area (Å²) in [6.07, 6.45) is 0. The number of benzene rings is 3. The summed E-state index contributed by atoms with van der Waals surface area (Å²) in [5, 5.41) is 2.68. The molecule has 0 unspecified atom stereocenters. The third-order valence-electron chi connectivity index (χ3n) is 4.14. The zero-order valence-corrected chi connectivity index (χ0v) is 16.7. The fraction of sp³-hybridized carbons (Fsp3) is 0.167. The lowest BCUT2D eigenvalue weighted by atomic mass is 10.2. The number of hydrogen-bond donors (Lipinski definition) is 1. The Morgan fingerprint density at radius 2 is 1.43 bits per heavy atom. The van der Waals surface area contributed by atoms with Crippen molar-refractivity contribution in [2.75, 3.05) is 18.5 Å². The van der Waals surface area contributed by atoms with E-state index in [2.05, 4.69) is 5.32 Å². The zero-order chi connectivity index (χ0) is 21.2. The summed E-state index contributed by atoms with van der Waals surface area (Å²) in [6.45, 7) is 2.27. The first-order valence-electron chi connectivity index (χ1n) is 9.61. The van der Waals surface area contributed by atoms with Gasteiger partial charge in [-0.1, -0.05) is 42.5 Å². The maximum absolute atomic E-state index is 12.2. The van der Waals surface area contributed by atoms with Crippen molar-refractivity contribution in [1.29, 1.82) is 0 Å². The van der Waals surface area contributed by atoms with Crippen molar-refractivity contribution >= 4 is 17.6 Å². The molecule has 3 aromatic rings. The van der Waals surface area contributed by atoms with E-state index in [1.165, 1.54) is 0 Å². The average molecular weight is 405 g/mol. The highest BCUT2D eigenvalue weighted by atomic mass is 16.5. The number of esters is 1. The van der Waals surface area contributed by atoms with Gasteiger partial charge in [0.05, 0.1) is 17.9 Å². The van der Waals surface area contributed by atoms with E-state index in [1.807, 2.05) is 30.3 Å². The van der Waals surface area contributed by atoms with Crippen LogP contribution in [0.4, 0.5) is 5.69 Å². The third-order valence-corrected chi connectivity index (χ3v) is 4.14. The Morgan fingerprint density at radius 3 is 2.13 bits per heavy atom. The lowest BCUT2D eigenvalue weighted by molar-refractivity contribution is -0.118. The number of ether oxygens (including phenoxy) is 3. The van der Waals surface area contributed by atoms with E-state index in [-0.39, 0.29) is 19.1 Å². The number of rotatable bonds is 9. The molecule has 0 fully saturated rings. The Morgan fingerprint density at radius 1 is 0.800 bits per heavy atom. The molecule has 1 amide bonds. The van der Waals surface area contributed by atoms with Gasteiger partial charge in [0.25, 0.3) is 5.91 Å². The van der Waals surface area contributed by atoms with Gasteiger partial charge in [0.1, 0.15) is 18.1 Å². The topological polar surface area (TPSA) is 73.9 Å².